The number of carboxylic acids is 1. The molecule has 8 nitrogen and oxygen atoms in total. The number of hydrogen-bond acceptors (Lipinski definition) is 6. The molecular weight excluding hydrogens is 298 g/mol. The van der Waals surface area contributed by atoms with Crippen molar-refractivity contribution in [2.24, 2.45) is 11.7 Å². The molecule has 0 aromatic heterocycles. The van der Waals surface area contributed by atoms with E-state index in [1.807, 2.05) is 13.8 Å². The first-order chi connectivity index (χ1) is 9.72. The lowest BCUT2D eigenvalue weighted by molar-refractivity contribution is -0.143. The zero-order valence-electron chi connectivity index (χ0n) is 12.1. The van der Waals surface area contributed by atoms with Gasteiger partial charge in [0.2, 0.25) is 11.8 Å². The SMILES string of the molecule is CC(C)CC(N)C(=O)NC(CS)C(=O)NC(CO)C(=O)O. The number of carboxylic acid groups (broad SMARTS) is 1. The Morgan fingerprint density at radius 3 is 2.05 bits per heavy atom. The molecule has 21 heavy (non-hydrogen) atoms. The number of nitrogens with two attached hydrogens (primary N) is 1. The third kappa shape index (κ3) is 7.30. The van der Waals surface area contributed by atoms with Crippen LogP contribution in [0, 0.1) is 5.92 Å². The zero-order chi connectivity index (χ0) is 16.6. The molecule has 6 N–H and O–H groups in total. The highest BCUT2D eigenvalue weighted by molar-refractivity contribution is 7.80. The maximum absolute atomic E-state index is 11.8. The first-order valence-electron chi connectivity index (χ1n) is 6.53. The van der Waals surface area contributed by atoms with Crippen LogP contribution in [0.5, 0.6) is 0 Å². The fourth-order valence-corrected chi connectivity index (χ4v) is 1.80. The number of aliphatic hydroxyl groups excluding tert-OH is 1. The van der Waals surface area contributed by atoms with E-state index in [4.69, 9.17) is 15.9 Å². The molecule has 0 rings (SSSR count). The van der Waals surface area contributed by atoms with E-state index in [1.54, 1.807) is 0 Å². The number of nitrogens with one attached hydrogen (secondary N) is 2. The number of aliphatic carboxylic acids is 1. The van der Waals surface area contributed by atoms with Gasteiger partial charge in [0.1, 0.15) is 12.1 Å². The predicted molar refractivity (Wildman–Crippen MR) is 79.9 cm³/mol. The molecule has 0 aliphatic rings. The van der Waals surface area contributed by atoms with Crippen molar-refractivity contribution in [3.8, 4) is 0 Å². The minimum atomic E-state index is -1.43. The van der Waals surface area contributed by atoms with Crippen LogP contribution in [0.1, 0.15) is 20.3 Å². The number of hydrogen-bond donors (Lipinski definition) is 6. The summed E-state index contributed by atoms with van der Waals surface area (Å²) in [6, 6.07) is -3.21. The van der Waals surface area contributed by atoms with Gasteiger partial charge in [-0.2, -0.15) is 12.6 Å². The molecule has 122 valence electrons. The minimum absolute atomic E-state index is 0.0241. The molecule has 0 radical (unpaired) electrons. The quantitative estimate of drug-likeness (QED) is 0.281. The van der Waals surface area contributed by atoms with Crippen molar-refractivity contribution in [2.75, 3.05) is 12.4 Å². The molecule has 0 saturated carbocycles. The van der Waals surface area contributed by atoms with E-state index in [2.05, 4.69) is 23.3 Å². The molecule has 0 aliphatic heterocycles. The summed E-state index contributed by atoms with van der Waals surface area (Å²) >= 11 is 3.95. The molecule has 0 aliphatic carbocycles. The van der Waals surface area contributed by atoms with Gasteiger partial charge in [0.15, 0.2) is 0 Å². The van der Waals surface area contributed by atoms with Crippen LogP contribution in [0.3, 0.4) is 0 Å². The van der Waals surface area contributed by atoms with Gasteiger partial charge >= 0.3 is 5.97 Å². The van der Waals surface area contributed by atoms with Crippen molar-refractivity contribution in [1.82, 2.24) is 10.6 Å². The third-order valence-electron chi connectivity index (χ3n) is 2.67. The highest BCUT2D eigenvalue weighted by atomic mass is 32.1. The van der Waals surface area contributed by atoms with E-state index in [-0.39, 0.29) is 11.7 Å². The second kappa shape index (κ2) is 9.59. The Morgan fingerprint density at radius 2 is 1.67 bits per heavy atom. The molecule has 2 amide bonds. The van der Waals surface area contributed by atoms with Crippen LogP contribution in [-0.2, 0) is 14.4 Å². The van der Waals surface area contributed by atoms with Gasteiger partial charge in [-0.25, -0.2) is 4.79 Å². The van der Waals surface area contributed by atoms with Gasteiger partial charge in [0.25, 0.3) is 0 Å². The molecular formula is C12H23N3O5S. The van der Waals surface area contributed by atoms with Crippen molar-refractivity contribution in [3.63, 3.8) is 0 Å². The molecule has 9 heteroatoms. The lowest BCUT2D eigenvalue weighted by atomic mass is 10.0. The van der Waals surface area contributed by atoms with Crippen molar-refractivity contribution in [2.45, 2.75) is 38.4 Å². The summed E-state index contributed by atoms with van der Waals surface area (Å²) in [6.45, 7) is 3.07. The molecule has 0 heterocycles. The van der Waals surface area contributed by atoms with Crippen LogP contribution >= 0.6 is 12.6 Å². The summed E-state index contributed by atoms with van der Waals surface area (Å²) in [5, 5.41) is 22.1. The summed E-state index contributed by atoms with van der Waals surface area (Å²) in [5.41, 5.74) is 5.69. The van der Waals surface area contributed by atoms with Gasteiger partial charge in [-0.15, -0.1) is 0 Å². The summed E-state index contributed by atoms with van der Waals surface area (Å²) in [6.07, 6.45) is 0.459. The molecule has 0 spiro atoms. The monoisotopic (exact) mass is 321 g/mol. The number of rotatable bonds is 9. The molecule has 3 unspecified atom stereocenters. The predicted octanol–water partition coefficient (Wildman–Crippen LogP) is -1.66. The summed E-state index contributed by atoms with van der Waals surface area (Å²) in [4.78, 5) is 34.4. The normalized spacial score (nSPS) is 15.1. The Balaban J connectivity index is 4.59. The molecule has 0 aromatic rings. The second-order valence-electron chi connectivity index (χ2n) is 5.06. The Hall–Kier alpha value is -1.32. The Bertz CT molecular complexity index is 378. The van der Waals surface area contributed by atoms with Gasteiger partial charge in [-0.3, -0.25) is 9.59 Å². The number of amides is 2. The largest absolute Gasteiger partial charge is 0.480 e. The maximum Gasteiger partial charge on any atom is 0.328 e. The Kier molecular flexibility index (Phi) is 8.98. The van der Waals surface area contributed by atoms with Crippen molar-refractivity contribution in [3.05, 3.63) is 0 Å². The minimum Gasteiger partial charge on any atom is -0.480 e. The fraction of sp³-hybridized carbons (Fsp3) is 0.750. The maximum atomic E-state index is 11.8. The molecule has 0 aromatic carbocycles. The lowest BCUT2D eigenvalue weighted by Gasteiger charge is -2.21. The van der Waals surface area contributed by atoms with E-state index in [0.29, 0.717) is 6.42 Å². The topological polar surface area (TPSA) is 142 Å². The van der Waals surface area contributed by atoms with E-state index in [0.717, 1.165) is 0 Å². The van der Waals surface area contributed by atoms with Gasteiger partial charge in [0.05, 0.1) is 12.6 Å². The first-order valence-corrected chi connectivity index (χ1v) is 7.17. The van der Waals surface area contributed by atoms with Crippen molar-refractivity contribution >= 4 is 30.4 Å². The van der Waals surface area contributed by atoms with Crippen LogP contribution in [0.15, 0.2) is 0 Å². The van der Waals surface area contributed by atoms with Crippen LogP contribution in [-0.4, -0.2) is 58.5 Å². The van der Waals surface area contributed by atoms with E-state index >= 15 is 0 Å². The van der Waals surface area contributed by atoms with Crippen LogP contribution in [0.25, 0.3) is 0 Å². The van der Waals surface area contributed by atoms with Gasteiger partial charge < -0.3 is 26.6 Å². The average Bonchev–Trinajstić information content (AvgIpc) is 2.40. The lowest BCUT2D eigenvalue weighted by Crippen LogP contribution is -2.56. The highest BCUT2D eigenvalue weighted by Gasteiger charge is 2.26. The first kappa shape index (κ1) is 19.7. The van der Waals surface area contributed by atoms with Crippen molar-refractivity contribution < 1.29 is 24.6 Å². The molecule has 0 saturated heterocycles. The number of aliphatic hydroxyl groups is 1. The number of thiol groups is 1. The fourth-order valence-electron chi connectivity index (χ4n) is 1.55. The van der Waals surface area contributed by atoms with Gasteiger partial charge in [0, 0.05) is 5.75 Å². The number of carbonyl (C=O) groups excluding carboxylic acids is 2. The van der Waals surface area contributed by atoms with Crippen LogP contribution in [0.2, 0.25) is 0 Å². The number of carbonyl (C=O) groups is 3. The van der Waals surface area contributed by atoms with Gasteiger partial charge in [-0.05, 0) is 12.3 Å². The summed E-state index contributed by atoms with van der Waals surface area (Å²) in [5.74, 6) is -2.42. The molecule has 0 fully saturated rings. The zero-order valence-corrected chi connectivity index (χ0v) is 13.0. The summed E-state index contributed by atoms with van der Waals surface area (Å²) < 4.78 is 0. The average molecular weight is 321 g/mol. The van der Waals surface area contributed by atoms with E-state index < -0.39 is 42.5 Å². The van der Waals surface area contributed by atoms with Gasteiger partial charge in [-0.1, -0.05) is 13.8 Å². The highest BCUT2D eigenvalue weighted by Crippen LogP contribution is 2.03. The standard InChI is InChI=1S/C12H23N3O5S/c1-6(2)3-7(13)10(17)15-9(5-21)11(18)14-8(4-16)12(19)20/h6-9,16,21H,3-5,13H2,1-2H3,(H,14,18)(H,15,17)(H,19,20). The second-order valence-corrected chi connectivity index (χ2v) is 5.43. The molecule has 3 atom stereocenters. The van der Waals surface area contributed by atoms with E-state index in [1.165, 1.54) is 0 Å². The van der Waals surface area contributed by atoms with E-state index in [9.17, 15) is 14.4 Å². The Morgan fingerprint density at radius 1 is 1.14 bits per heavy atom. The summed E-state index contributed by atoms with van der Waals surface area (Å²) in [7, 11) is 0. The van der Waals surface area contributed by atoms with Crippen LogP contribution in [0.4, 0.5) is 0 Å². The smallest absolute Gasteiger partial charge is 0.328 e. The molecule has 0 bridgehead atoms. The Labute approximate surface area is 128 Å². The van der Waals surface area contributed by atoms with Crippen molar-refractivity contribution in [1.29, 1.82) is 0 Å². The van der Waals surface area contributed by atoms with Crippen LogP contribution < -0.4 is 16.4 Å². The third-order valence-corrected chi connectivity index (χ3v) is 3.04.